The summed E-state index contributed by atoms with van der Waals surface area (Å²) in [5.74, 6) is 1.83. The molecule has 5 nitrogen and oxygen atoms in total. The van der Waals surface area contributed by atoms with E-state index in [-0.39, 0.29) is 4.90 Å². The maximum absolute atomic E-state index is 14.2. The number of hydrogen-bond donors (Lipinski definition) is 0. The molecule has 0 saturated carbocycles. The Kier molecular flexibility index (Phi) is 5.72. The fourth-order valence-corrected chi connectivity index (χ4v) is 6.49. The van der Waals surface area contributed by atoms with Crippen LogP contribution in [0.4, 0.5) is 4.39 Å². The summed E-state index contributed by atoms with van der Waals surface area (Å²) in [4.78, 5) is 4.65. The lowest BCUT2D eigenvalue weighted by atomic mass is 10.0. The van der Waals surface area contributed by atoms with Gasteiger partial charge in [0.1, 0.15) is 11.6 Å². The topological polar surface area (TPSA) is 61.2 Å². The van der Waals surface area contributed by atoms with Gasteiger partial charge in [-0.3, -0.25) is 0 Å². The number of ether oxygens (including phenoxy) is 1. The highest BCUT2D eigenvalue weighted by atomic mass is 32.2. The van der Waals surface area contributed by atoms with Crippen LogP contribution in [0.25, 0.3) is 27.7 Å². The Bertz CT molecular complexity index is 1480. The summed E-state index contributed by atoms with van der Waals surface area (Å²) in [6, 6.07) is 16.2. The van der Waals surface area contributed by atoms with Gasteiger partial charge in [-0.1, -0.05) is 24.3 Å². The molecule has 8 heteroatoms. The standard InChI is InChI=1S/C25H21FN2O3S2/c1-31-24-8-7-18(26)15-21(24)20-9-12-27-25-22(20)16-23(17-10-13-32-14-11-17)28(25)33(29,30)19-5-3-2-4-6-19/h2-10,12,15-16H,11,13-14H2,1H3. The Balaban J connectivity index is 1.85. The third-order valence-corrected chi connectivity index (χ3v) is 8.30. The molecule has 0 atom stereocenters. The summed E-state index contributed by atoms with van der Waals surface area (Å²) < 4.78 is 48.6. The van der Waals surface area contributed by atoms with Crippen molar-refractivity contribution in [1.29, 1.82) is 0 Å². The van der Waals surface area contributed by atoms with Gasteiger partial charge >= 0.3 is 0 Å². The minimum Gasteiger partial charge on any atom is -0.496 e. The molecular formula is C25H21FN2O3S2. The molecule has 2 aromatic heterocycles. The van der Waals surface area contributed by atoms with Gasteiger partial charge in [-0.2, -0.15) is 11.8 Å². The van der Waals surface area contributed by atoms with Crippen molar-refractivity contribution in [3.63, 3.8) is 0 Å². The molecular weight excluding hydrogens is 459 g/mol. The highest BCUT2D eigenvalue weighted by molar-refractivity contribution is 7.99. The molecule has 0 unspecified atom stereocenters. The van der Waals surface area contributed by atoms with Crippen molar-refractivity contribution in [2.45, 2.75) is 11.3 Å². The zero-order valence-corrected chi connectivity index (χ0v) is 19.5. The van der Waals surface area contributed by atoms with E-state index in [0.717, 1.165) is 23.5 Å². The van der Waals surface area contributed by atoms with Crippen molar-refractivity contribution in [3.05, 3.63) is 84.4 Å². The SMILES string of the molecule is COc1ccc(F)cc1-c1ccnc2c1cc(C1=CCSCC1)n2S(=O)(=O)c1ccccc1. The van der Waals surface area contributed by atoms with Gasteiger partial charge in [0.05, 0.1) is 17.7 Å². The molecule has 4 aromatic rings. The van der Waals surface area contributed by atoms with E-state index in [0.29, 0.717) is 33.6 Å². The molecule has 0 radical (unpaired) electrons. The Morgan fingerprint density at radius 3 is 2.61 bits per heavy atom. The fraction of sp³-hybridized carbons (Fsp3) is 0.160. The van der Waals surface area contributed by atoms with E-state index in [2.05, 4.69) is 11.1 Å². The van der Waals surface area contributed by atoms with Crippen LogP contribution in [0.2, 0.25) is 0 Å². The number of allylic oxidation sites excluding steroid dienone is 1. The minimum absolute atomic E-state index is 0.185. The number of thioether (sulfide) groups is 1. The first-order chi connectivity index (χ1) is 16.0. The largest absolute Gasteiger partial charge is 0.496 e. The summed E-state index contributed by atoms with van der Waals surface area (Å²) in [6.07, 6.45) is 4.37. The smallest absolute Gasteiger partial charge is 0.269 e. The lowest BCUT2D eigenvalue weighted by molar-refractivity contribution is 0.415. The van der Waals surface area contributed by atoms with E-state index >= 15 is 0 Å². The molecule has 0 fully saturated rings. The highest BCUT2D eigenvalue weighted by Gasteiger charge is 2.27. The van der Waals surface area contributed by atoms with E-state index in [4.69, 9.17) is 4.74 Å². The van der Waals surface area contributed by atoms with Gasteiger partial charge < -0.3 is 4.74 Å². The van der Waals surface area contributed by atoms with Crippen molar-refractivity contribution in [3.8, 4) is 16.9 Å². The first-order valence-electron chi connectivity index (χ1n) is 10.4. The molecule has 3 heterocycles. The molecule has 0 bridgehead atoms. The van der Waals surface area contributed by atoms with Crippen LogP contribution in [-0.2, 0) is 10.0 Å². The molecule has 168 valence electrons. The van der Waals surface area contributed by atoms with Crippen molar-refractivity contribution in [2.75, 3.05) is 18.6 Å². The molecule has 0 saturated heterocycles. The number of aromatic nitrogens is 2. The quantitative estimate of drug-likeness (QED) is 0.372. The summed E-state index contributed by atoms with van der Waals surface area (Å²) in [6.45, 7) is 0. The predicted octanol–water partition coefficient (Wildman–Crippen LogP) is 5.61. The van der Waals surface area contributed by atoms with E-state index in [1.807, 2.05) is 17.8 Å². The van der Waals surface area contributed by atoms with Crippen LogP contribution in [0.1, 0.15) is 12.1 Å². The minimum atomic E-state index is -3.92. The first kappa shape index (κ1) is 21.7. The van der Waals surface area contributed by atoms with Crippen LogP contribution in [0.5, 0.6) is 5.75 Å². The number of methoxy groups -OCH3 is 1. The summed E-state index contributed by atoms with van der Waals surface area (Å²) >= 11 is 1.81. The number of pyridine rings is 1. The van der Waals surface area contributed by atoms with E-state index in [1.165, 1.54) is 23.2 Å². The average Bonchev–Trinajstić information content (AvgIpc) is 3.26. The molecule has 1 aliphatic rings. The van der Waals surface area contributed by atoms with Gasteiger partial charge in [0, 0.05) is 22.9 Å². The predicted molar refractivity (Wildman–Crippen MR) is 131 cm³/mol. The van der Waals surface area contributed by atoms with E-state index < -0.39 is 15.8 Å². The fourth-order valence-electron chi connectivity index (χ4n) is 4.13. The Hall–Kier alpha value is -3.10. The third-order valence-electron chi connectivity index (χ3n) is 5.69. The highest BCUT2D eigenvalue weighted by Crippen LogP contribution is 2.39. The summed E-state index contributed by atoms with van der Waals surface area (Å²) in [5.41, 5.74) is 3.05. The maximum Gasteiger partial charge on any atom is 0.269 e. The third kappa shape index (κ3) is 3.83. The Labute approximate surface area is 196 Å². The van der Waals surface area contributed by atoms with Gasteiger partial charge in [0.25, 0.3) is 10.0 Å². The Morgan fingerprint density at radius 2 is 1.88 bits per heavy atom. The normalized spacial score (nSPS) is 14.3. The number of rotatable bonds is 5. The van der Waals surface area contributed by atoms with E-state index in [1.54, 1.807) is 48.7 Å². The number of nitrogens with zero attached hydrogens (tertiary/aromatic N) is 2. The van der Waals surface area contributed by atoms with Gasteiger partial charge in [0.2, 0.25) is 0 Å². The van der Waals surface area contributed by atoms with Crippen molar-refractivity contribution in [1.82, 2.24) is 8.96 Å². The van der Waals surface area contributed by atoms with Crippen molar-refractivity contribution >= 4 is 38.4 Å². The number of benzene rings is 2. The van der Waals surface area contributed by atoms with Crippen LogP contribution < -0.4 is 4.74 Å². The summed E-state index contributed by atoms with van der Waals surface area (Å²) in [7, 11) is -2.40. The zero-order valence-electron chi connectivity index (χ0n) is 17.9. The van der Waals surface area contributed by atoms with Gasteiger partial charge in [0.15, 0.2) is 5.65 Å². The van der Waals surface area contributed by atoms with Crippen molar-refractivity contribution in [2.24, 2.45) is 0 Å². The van der Waals surface area contributed by atoms with Gasteiger partial charge in [-0.25, -0.2) is 21.8 Å². The molecule has 33 heavy (non-hydrogen) atoms. The lowest BCUT2D eigenvalue weighted by Gasteiger charge is -2.16. The zero-order chi connectivity index (χ0) is 23.0. The van der Waals surface area contributed by atoms with Crippen LogP contribution in [0.15, 0.2) is 77.8 Å². The first-order valence-corrected chi connectivity index (χ1v) is 13.0. The Morgan fingerprint density at radius 1 is 1.06 bits per heavy atom. The molecule has 0 aliphatic carbocycles. The monoisotopic (exact) mass is 480 g/mol. The van der Waals surface area contributed by atoms with Gasteiger partial charge in [-0.05, 0) is 65.8 Å². The van der Waals surface area contributed by atoms with Crippen molar-refractivity contribution < 1.29 is 17.5 Å². The van der Waals surface area contributed by atoms with E-state index in [9.17, 15) is 12.8 Å². The molecule has 0 spiro atoms. The number of hydrogen-bond acceptors (Lipinski definition) is 5. The molecule has 1 aliphatic heterocycles. The van der Waals surface area contributed by atoms with Crippen LogP contribution in [0.3, 0.4) is 0 Å². The van der Waals surface area contributed by atoms with Gasteiger partial charge in [-0.15, -0.1) is 0 Å². The second-order valence-corrected chi connectivity index (χ2v) is 10.5. The maximum atomic E-state index is 14.2. The second-order valence-electron chi connectivity index (χ2n) is 7.61. The average molecular weight is 481 g/mol. The van der Waals surface area contributed by atoms with Crippen LogP contribution in [-0.4, -0.2) is 36.0 Å². The van der Waals surface area contributed by atoms with Crippen LogP contribution in [0, 0.1) is 5.82 Å². The number of halogens is 1. The molecule has 0 amide bonds. The molecule has 0 N–H and O–H groups in total. The number of fused-ring (bicyclic) bond motifs is 1. The summed E-state index contributed by atoms with van der Waals surface area (Å²) in [5, 5.41) is 0.620. The lowest BCUT2D eigenvalue weighted by Crippen LogP contribution is -2.16. The molecule has 5 rings (SSSR count). The van der Waals surface area contributed by atoms with Crippen LogP contribution >= 0.6 is 11.8 Å². The second kappa shape index (κ2) is 8.68. The molecule has 2 aromatic carbocycles.